The molecule has 0 unspecified atom stereocenters. The minimum Gasteiger partial charge on any atom is -0.258 e. The Morgan fingerprint density at radius 1 is 1.00 bits per heavy atom. The van der Waals surface area contributed by atoms with E-state index in [1.807, 2.05) is 24.3 Å². The van der Waals surface area contributed by atoms with Gasteiger partial charge in [-0.15, -0.1) is 5.10 Å². The molecule has 0 fully saturated rings. The summed E-state index contributed by atoms with van der Waals surface area (Å²) in [5, 5.41) is 10.2. The first-order chi connectivity index (χ1) is 10.5. The van der Waals surface area contributed by atoms with Crippen LogP contribution in [0.25, 0.3) is 11.0 Å². The zero-order valence-electron chi connectivity index (χ0n) is 14.2. The molecule has 1 heterocycles. The number of benzene rings is 1. The first-order valence-electron chi connectivity index (χ1n) is 6.18. The van der Waals surface area contributed by atoms with Crippen molar-refractivity contribution in [1.29, 1.82) is 0 Å². The molecule has 0 saturated heterocycles. The van der Waals surface area contributed by atoms with Gasteiger partial charge in [-0.2, -0.15) is 0 Å². The van der Waals surface area contributed by atoms with Crippen molar-refractivity contribution in [2.75, 3.05) is 28.2 Å². The van der Waals surface area contributed by atoms with Gasteiger partial charge in [0, 0.05) is 28.2 Å². The molecule has 0 aliphatic carbocycles. The second-order valence-electron chi connectivity index (χ2n) is 4.86. The molecule has 1 aromatic carbocycles. The van der Waals surface area contributed by atoms with Gasteiger partial charge in [-0.25, -0.2) is 4.79 Å². The van der Waals surface area contributed by atoms with Gasteiger partial charge in [0.15, 0.2) is 0 Å². The number of hydrogen-bond acceptors (Lipinski definition) is 3. The summed E-state index contributed by atoms with van der Waals surface area (Å²) in [5.74, 6) is 0. The predicted molar refractivity (Wildman–Crippen MR) is 81.3 cm³/mol. The number of aromatic amines is 1. The van der Waals surface area contributed by atoms with E-state index in [0.717, 1.165) is 11.0 Å². The van der Waals surface area contributed by atoms with E-state index in [9.17, 15) is 30.0 Å². The van der Waals surface area contributed by atoms with Gasteiger partial charge in [0.05, 0.1) is 5.52 Å². The van der Waals surface area contributed by atoms with Crippen molar-refractivity contribution in [3.05, 3.63) is 24.3 Å². The number of hydrogen-bond donors (Lipinski definition) is 1. The van der Waals surface area contributed by atoms with Crippen LogP contribution in [0, 0.1) is 0 Å². The van der Waals surface area contributed by atoms with E-state index >= 15 is 0 Å². The second-order valence-corrected chi connectivity index (χ2v) is 6.78. The third kappa shape index (κ3) is 13.6. The molecule has 0 aliphatic rings. The number of para-hydroxylation sites is 1. The third-order valence-electron chi connectivity index (χ3n) is 2.00. The Bertz CT molecular complexity index is 624. The monoisotopic (exact) mass is 381 g/mol. The number of nitrogens with one attached hydrogen (secondary N) is 1. The van der Waals surface area contributed by atoms with Crippen LogP contribution in [0.15, 0.2) is 24.3 Å². The van der Waals surface area contributed by atoms with E-state index in [1.165, 1.54) is 9.80 Å². The number of rotatable bonds is 0. The molecule has 0 aliphatic heterocycles. The van der Waals surface area contributed by atoms with Crippen molar-refractivity contribution in [2.24, 2.45) is 0 Å². The molecular formula is C11H18F6N5OP. The van der Waals surface area contributed by atoms with Crippen molar-refractivity contribution in [3.8, 4) is 0 Å². The fourth-order valence-corrected chi connectivity index (χ4v) is 1.19. The van der Waals surface area contributed by atoms with Gasteiger partial charge < -0.3 is 9.80 Å². The summed E-state index contributed by atoms with van der Waals surface area (Å²) >= 11 is 0. The fourth-order valence-electron chi connectivity index (χ4n) is 1.19. The second kappa shape index (κ2) is 6.80. The van der Waals surface area contributed by atoms with Gasteiger partial charge in [-0.3, -0.25) is 5.10 Å². The van der Waals surface area contributed by atoms with E-state index < -0.39 is 7.81 Å². The zero-order valence-corrected chi connectivity index (χ0v) is 14.1. The predicted octanol–water partition coefficient (Wildman–Crippen LogP) is 4.68. The number of fused-ring (bicyclic) bond motifs is 1. The Morgan fingerprint density at radius 3 is 1.75 bits per heavy atom. The number of H-pyrrole nitrogens is 1. The first-order valence-corrected chi connectivity index (χ1v) is 8.21. The number of nitrogens with zero attached hydrogens (tertiary/aromatic N) is 4. The van der Waals surface area contributed by atoms with Gasteiger partial charge in [0.2, 0.25) is 0 Å². The van der Waals surface area contributed by atoms with Crippen molar-refractivity contribution in [2.45, 2.75) is 0 Å². The Labute approximate surface area is 135 Å². The maximum atomic E-state index is 10.7. The minimum atomic E-state index is -10.7. The molecule has 1 N–H and O–H groups in total. The van der Waals surface area contributed by atoms with Gasteiger partial charge in [0.25, 0.3) is 0 Å². The maximum absolute atomic E-state index is 10.7. The summed E-state index contributed by atoms with van der Waals surface area (Å²) in [7, 11) is -3.76. The SMILES string of the molecule is CN(C)C(=O)N(C)C.F[P-](F)(F)(F)(F)F.[H+].c1ccc2[nH]nnc2c1. The molecule has 1 aromatic heterocycles. The molecule has 0 atom stereocenters. The maximum Gasteiger partial charge on any atom is 1.00 e. The van der Waals surface area contributed by atoms with Crippen molar-refractivity contribution >= 4 is 24.9 Å². The van der Waals surface area contributed by atoms with E-state index in [0.29, 0.717) is 0 Å². The van der Waals surface area contributed by atoms with E-state index in [1.54, 1.807) is 28.2 Å². The largest absolute Gasteiger partial charge is 1.00 e. The topological polar surface area (TPSA) is 65.1 Å². The summed E-state index contributed by atoms with van der Waals surface area (Å²) in [6, 6.07) is 7.76. The fraction of sp³-hybridized carbons (Fsp3) is 0.364. The van der Waals surface area contributed by atoms with Crippen LogP contribution in [0.4, 0.5) is 30.0 Å². The molecule has 140 valence electrons. The zero-order chi connectivity index (χ0) is 19.2. The molecule has 0 bridgehead atoms. The Balaban J connectivity index is 0. The molecule has 2 amide bonds. The summed E-state index contributed by atoms with van der Waals surface area (Å²) in [4.78, 5) is 13.8. The summed E-state index contributed by atoms with van der Waals surface area (Å²) in [6.07, 6.45) is 0. The molecular weight excluding hydrogens is 363 g/mol. The van der Waals surface area contributed by atoms with Gasteiger partial charge in [-0.1, -0.05) is 17.3 Å². The summed E-state index contributed by atoms with van der Waals surface area (Å²) in [6.45, 7) is 0. The molecule has 2 rings (SSSR count). The number of aromatic nitrogens is 3. The number of carbonyl (C=O) groups is 1. The number of halogens is 6. The standard InChI is InChI=1S/C6H5N3.C5H12N2O.F6P/c1-2-4-6-5(3-1)7-9-8-6;1-6(2)5(8)7(3)4;1-7(2,3,4,5)6/h1-4H,(H,7,8,9);1-4H3;/q;;-1/p+1. The van der Waals surface area contributed by atoms with Crippen LogP contribution < -0.4 is 0 Å². The van der Waals surface area contributed by atoms with Gasteiger partial charge in [-0.05, 0) is 12.1 Å². The van der Waals surface area contributed by atoms with Crippen LogP contribution in [0.5, 0.6) is 0 Å². The van der Waals surface area contributed by atoms with Gasteiger partial charge in [0.1, 0.15) is 5.52 Å². The van der Waals surface area contributed by atoms with Crippen LogP contribution in [0.1, 0.15) is 1.43 Å². The molecule has 0 radical (unpaired) electrons. The minimum absolute atomic E-state index is 0. The van der Waals surface area contributed by atoms with Crippen molar-refractivity contribution in [1.82, 2.24) is 25.2 Å². The average molecular weight is 381 g/mol. The Morgan fingerprint density at radius 2 is 1.42 bits per heavy atom. The molecule has 2 aromatic rings. The number of amides is 2. The summed E-state index contributed by atoms with van der Waals surface area (Å²) < 4.78 is 59.2. The van der Waals surface area contributed by atoms with E-state index in [-0.39, 0.29) is 7.46 Å². The molecule has 0 saturated carbocycles. The quantitative estimate of drug-likeness (QED) is 0.532. The van der Waals surface area contributed by atoms with Crippen LogP contribution in [0.3, 0.4) is 0 Å². The smallest absolute Gasteiger partial charge is 0.258 e. The molecule has 6 nitrogen and oxygen atoms in total. The van der Waals surface area contributed by atoms with Crippen molar-refractivity contribution in [3.63, 3.8) is 0 Å². The first kappa shape index (κ1) is 21.9. The normalized spacial score (nSPS) is 13.4. The van der Waals surface area contributed by atoms with Crippen molar-refractivity contribution < 1.29 is 31.4 Å². The van der Waals surface area contributed by atoms with Crippen LogP contribution >= 0.6 is 7.81 Å². The Hall–Kier alpha value is -2.10. The van der Waals surface area contributed by atoms with Crippen LogP contribution in [-0.2, 0) is 0 Å². The molecule has 0 spiro atoms. The van der Waals surface area contributed by atoms with E-state index in [4.69, 9.17) is 0 Å². The van der Waals surface area contributed by atoms with E-state index in [2.05, 4.69) is 15.4 Å². The number of urea groups is 1. The number of carbonyl (C=O) groups excluding carboxylic acids is 1. The molecule has 13 heteroatoms. The van der Waals surface area contributed by atoms with Crippen LogP contribution in [0.2, 0.25) is 0 Å². The third-order valence-corrected chi connectivity index (χ3v) is 2.00. The average Bonchev–Trinajstić information content (AvgIpc) is 2.82. The molecule has 24 heavy (non-hydrogen) atoms. The van der Waals surface area contributed by atoms with Crippen LogP contribution in [-0.4, -0.2) is 59.4 Å². The van der Waals surface area contributed by atoms with Gasteiger partial charge >= 0.3 is 40.4 Å². The summed E-state index contributed by atoms with van der Waals surface area (Å²) in [5.41, 5.74) is 1.90. The Kier molecular flexibility index (Phi) is 6.20.